The topological polar surface area (TPSA) is 128 Å². The Morgan fingerprint density at radius 2 is 2.17 bits per heavy atom. The first-order chi connectivity index (χ1) is 13.9. The molecule has 0 radical (unpaired) electrons. The molecule has 1 aromatic carbocycles. The van der Waals surface area contributed by atoms with Crippen LogP contribution in [0.2, 0.25) is 0 Å². The number of nitrogens with one attached hydrogen (secondary N) is 1. The maximum absolute atomic E-state index is 13.8. The van der Waals surface area contributed by atoms with Crippen LogP contribution in [0.5, 0.6) is 5.75 Å². The Bertz CT molecular complexity index is 1000. The zero-order valence-electron chi connectivity index (χ0n) is 15.4. The Hall–Kier alpha value is -3.47. The van der Waals surface area contributed by atoms with Gasteiger partial charge in [-0.1, -0.05) is 6.07 Å². The number of phenolic OH excluding ortho intramolecular Hbond substituents is 1. The zero-order valence-corrected chi connectivity index (χ0v) is 15.4. The van der Waals surface area contributed by atoms with E-state index in [9.17, 15) is 24.2 Å². The summed E-state index contributed by atoms with van der Waals surface area (Å²) in [4.78, 5) is 27.3. The fourth-order valence-electron chi connectivity index (χ4n) is 3.81. The molecule has 3 N–H and O–H groups in total. The van der Waals surface area contributed by atoms with Crippen LogP contribution in [0.3, 0.4) is 0 Å². The van der Waals surface area contributed by atoms with Crippen LogP contribution in [0.1, 0.15) is 0 Å². The van der Waals surface area contributed by atoms with E-state index < -0.39 is 29.1 Å². The normalized spacial score (nSPS) is 20.7. The molecule has 1 saturated heterocycles. The van der Waals surface area contributed by atoms with E-state index in [1.165, 1.54) is 19.2 Å². The molecule has 2 aliphatic heterocycles. The lowest BCUT2D eigenvalue weighted by Crippen LogP contribution is -2.72. The first-order valence-corrected chi connectivity index (χ1v) is 8.79. The minimum Gasteiger partial charge on any atom is -0.504 e. The van der Waals surface area contributed by atoms with Gasteiger partial charge in [0.05, 0.1) is 24.5 Å². The van der Waals surface area contributed by atoms with Gasteiger partial charge in [-0.05, 0) is 18.2 Å². The number of aromatic nitrogens is 2. The number of benzene rings is 1. The molecule has 4 rings (SSSR count). The number of carboxylic acid groups (broad SMARTS) is 1. The first-order valence-electron chi connectivity index (χ1n) is 8.79. The number of hydrogen-bond donors (Lipinski definition) is 3. The van der Waals surface area contributed by atoms with Crippen LogP contribution in [-0.2, 0) is 9.53 Å². The minimum atomic E-state index is -1.29. The van der Waals surface area contributed by atoms with E-state index in [1.54, 1.807) is 11.0 Å². The Morgan fingerprint density at radius 3 is 2.90 bits per heavy atom. The van der Waals surface area contributed by atoms with E-state index in [0.717, 1.165) is 11.0 Å². The number of amides is 2. The predicted octanol–water partition coefficient (Wildman–Crippen LogP) is 1.13. The van der Waals surface area contributed by atoms with Gasteiger partial charge in [-0.25, -0.2) is 9.18 Å². The Kier molecular flexibility index (Phi) is 4.46. The standard InChI is InChI=1S/C18H18FN5O5/c1-29-9-18-8-23(17(27)28)5-6-24(18)13-7-12(21-22-15(13)20-16(18)26)10-3-2-4-11(19)14(10)25/h2-4,7,25H,5-6,8-9H2,1H3,(H,27,28)(H,20,22,26). The van der Waals surface area contributed by atoms with Crippen LogP contribution in [0.25, 0.3) is 11.3 Å². The number of rotatable bonds is 3. The highest BCUT2D eigenvalue weighted by Gasteiger charge is 2.53. The van der Waals surface area contributed by atoms with Gasteiger partial charge in [0.25, 0.3) is 5.91 Å². The predicted molar refractivity (Wildman–Crippen MR) is 99.3 cm³/mol. The van der Waals surface area contributed by atoms with Gasteiger partial charge in [0.2, 0.25) is 0 Å². The van der Waals surface area contributed by atoms with Crippen LogP contribution in [0, 0.1) is 5.82 Å². The van der Waals surface area contributed by atoms with Crippen LogP contribution >= 0.6 is 0 Å². The zero-order chi connectivity index (χ0) is 20.8. The third-order valence-electron chi connectivity index (χ3n) is 5.20. The molecule has 0 saturated carbocycles. The van der Waals surface area contributed by atoms with Gasteiger partial charge in [0, 0.05) is 25.8 Å². The highest BCUT2D eigenvalue weighted by atomic mass is 19.1. The van der Waals surface area contributed by atoms with Gasteiger partial charge >= 0.3 is 6.09 Å². The van der Waals surface area contributed by atoms with E-state index in [-0.39, 0.29) is 43.3 Å². The van der Waals surface area contributed by atoms with Gasteiger partial charge < -0.3 is 30.1 Å². The number of fused-ring (bicyclic) bond motifs is 3. The van der Waals surface area contributed by atoms with Crippen molar-refractivity contribution in [3.05, 3.63) is 30.1 Å². The average molecular weight is 403 g/mol. The van der Waals surface area contributed by atoms with Crippen molar-refractivity contribution in [2.24, 2.45) is 0 Å². The molecule has 0 aliphatic carbocycles. The smallest absolute Gasteiger partial charge is 0.407 e. The van der Waals surface area contributed by atoms with Crippen molar-refractivity contribution in [3.8, 4) is 17.0 Å². The number of anilines is 2. The van der Waals surface area contributed by atoms with Gasteiger partial charge in [0.15, 0.2) is 22.9 Å². The molecule has 152 valence electrons. The molecule has 2 aliphatic rings. The number of carbonyl (C=O) groups is 2. The van der Waals surface area contributed by atoms with Gasteiger partial charge in [-0.15, -0.1) is 10.2 Å². The second-order valence-electron chi connectivity index (χ2n) is 6.87. The minimum absolute atomic E-state index is 0.0507. The number of aromatic hydroxyl groups is 1. The molecule has 29 heavy (non-hydrogen) atoms. The lowest BCUT2D eigenvalue weighted by Gasteiger charge is -2.51. The molecule has 0 spiro atoms. The summed E-state index contributed by atoms with van der Waals surface area (Å²) >= 11 is 0. The van der Waals surface area contributed by atoms with E-state index in [2.05, 4.69) is 15.5 Å². The average Bonchev–Trinajstić information content (AvgIpc) is 2.70. The molecule has 2 aromatic rings. The van der Waals surface area contributed by atoms with Gasteiger partial charge in [-0.3, -0.25) is 4.79 Å². The summed E-state index contributed by atoms with van der Waals surface area (Å²) in [5, 5.41) is 30.1. The molecule has 1 atom stereocenters. The number of para-hydroxylation sites is 1. The molecule has 1 aromatic heterocycles. The molecular formula is C18H18FN5O5. The van der Waals surface area contributed by atoms with Crippen molar-refractivity contribution in [2.45, 2.75) is 5.54 Å². The number of hydrogen-bond acceptors (Lipinski definition) is 7. The Balaban J connectivity index is 1.82. The van der Waals surface area contributed by atoms with E-state index in [1.807, 2.05) is 0 Å². The van der Waals surface area contributed by atoms with Crippen molar-refractivity contribution in [2.75, 3.05) is 43.6 Å². The second-order valence-corrected chi connectivity index (χ2v) is 6.87. The molecule has 1 unspecified atom stereocenters. The maximum Gasteiger partial charge on any atom is 0.407 e. The number of piperazine rings is 1. The molecule has 0 bridgehead atoms. The number of carbonyl (C=O) groups excluding carboxylic acids is 1. The van der Waals surface area contributed by atoms with E-state index in [0.29, 0.717) is 5.69 Å². The van der Waals surface area contributed by atoms with Crippen molar-refractivity contribution < 1.29 is 28.9 Å². The lowest BCUT2D eigenvalue weighted by molar-refractivity contribution is -0.125. The summed E-state index contributed by atoms with van der Waals surface area (Å²) in [5.41, 5.74) is -0.439. The number of methoxy groups -OCH3 is 1. The SMILES string of the molecule is COCC12CN(C(=O)O)CCN1c1cc(-c3cccc(F)c3O)nnc1NC2=O. The molecule has 1 fully saturated rings. The summed E-state index contributed by atoms with van der Waals surface area (Å²) in [6.07, 6.45) is -1.13. The molecule has 3 heterocycles. The van der Waals surface area contributed by atoms with E-state index >= 15 is 0 Å². The highest BCUT2D eigenvalue weighted by Crippen LogP contribution is 2.40. The fourth-order valence-corrected chi connectivity index (χ4v) is 3.81. The third kappa shape index (κ3) is 2.90. The lowest BCUT2D eigenvalue weighted by atomic mass is 9.90. The third-order valence-corrected chi connectivity index (χ3v) is 5.20. The summed E-state index contributed by atoms with van der Waals surface area (Å²) < 4.78 is 19.0. The van der Waals surface area contributed by atoms with Crippen molar-refractivity contribution in [1.82, 2.24) is 15.1 Å². The summed E-state index contributed by atoms with van der Waals surface area (Å²) in [5.74, 6) is -1.60. The van der Waals surface area contributed by atoms with Crippen molar-refractivity contribution >= 4 is 23.5 Å². The van der Waals surface area contributed by atoms with Crippen molar-refractivity contribution in [1.29, 1.82) is 0 Å². The van der Waals surface area contributed by atoms with Crippen LogP contribution in [0.4, 0.5) is 20.7 Å². The number of nitrogens with zero attached hydrogens (tertiary/aromatic N) is 4. The fraction of sp³-hybridized carbons (Fsp3) is 0.333. The molecule has 2 amide bonds. The largest absolute Gasteiger partial charge is 0.504 e. The number of halogens is 1. The second kappa shape index (κ2) is 6.85. The summed E-state index contributed by atoms with van der Waals surface area (Å²) in [6, 6.07) is 5.64. The number of phenols is 1. The van der Waals surface area contributed by atoms with Crippen LogP contribution < -0.4 is 10.2 Å². The molecule has 10 nitrogen and oxygen atoms in total. The van der Waals surface area contributed by atoms with Gasteiger partial charge in [-0.2, -0.15) is 0 Å². The Morgan fingerprint density at radius 1 is 1.38 bits per heavy atom. The quantitative estimate of drug-likeness (QED) is 0.696. The highest BCUT2D eigenvalue weighted by molar-refractivity contribution is 6.06. The summed E-state index contributed by atoms with van der Waals surface area (Å²) in [6.45, 7) is 0.252. The van der Waals surface area contributed by atoms with E-state index in [4.69, 9.17) is 4.74 Å². The summed E-state index contributed by atoms with van der Waals surface area (Å²) in [7, 11) is 1.43. The van der Waals surface area contributed by atoms with Gasteiger partial charge in [0.1, 0.15) is 0 Å². The molecular weight excluding hydrogens is 385 g/mol. The van der Waals surface area contributed by atoms with Crippen LogP contribution in [0.15, 0.2) is 24.3 Å². The maximum atomic E-state index is 13.8. The van der Waals surface area contributed by atoms with Crippen LogP contribution in [-0.4, -0.2) is 76.2 Å². The van der Waals surface area contributed by atoms with Crippen molar-refractivity contribution in [3.63, 3.8) is 0 Å². The monoisotopic (exact) mass is 403 g/mol. The molecule has 11 heteroatoms. The Labute approximate surface area is 164 Å². The first kappa shape index (κ1) is 18.9. The number of ether oxygens (including phenoxy) is 1.